The van der Waals surface area contributed by atoms with Crippen LogP contribution in [0.3, 0.4) is 0 Å². The molecule has 156 valence electrons. The van der Waals surface area contributed by atoms with Crippen molar-refractivity contribution in [1.82, 2.24) is 24.2 Å². The molecule has 0 spiro atoms. The van der Waals surface area contributed by atoms with E-state index >= 15 is 0 Å². The van der Waals surface area contributed by atoms with Crippen molar-refractivity contribution in [2.75, 3.05) is 20.1 Å². The second-order valence-corrected chi connectivity index (χ2v) is 8.01. The number of nitrogens with one attached hydrogen (secondary N) is 1. The second-order valence-electron chi connectivity index (χ2n) is 8.01. The summed E-state index contributed by atoms with van der Waals surface area (Å²) in [6.07, 6.45) is 5.16. The van der Waals surface area contributed by atoms with Crippen molar-refractivity contribution in [3.05, 3.63) is 70.0 Å². The molecule has 2 atom stereocenters. The number of piperidine rings is 1. The minimum absolute atomic E-state index is 0. The Balaban J connectivity index is 0.00000120. The first-order valence-electron chi connectivity index (χ1n) is 9.72. The minimum atomic E-state index is 0. The van der Waals surface area contributed by atoms with Gasteiger partial charge in [-0.15, -0.1) is 24.8 Å². The molecule has 3 aromatic heterocycles. The maximum absolute atomic E-state index is 13.1. The average molecular weight is 436 g/mol. The standard InChI is InChI=1S/C21H25N5O.2ClH/c1-24(14-18-11-23-20-4-2-3-7-25(18)20)13-16-5-6-19-17-8-15(9-22-10-17)12-26(19)21(16)27;;/h2-7,11,15,17,22H,8-10,12-14H2,1H3;2*1H/t15-,17+;;/m0../s1. The molecule has 2 aliphatic rings. The van der Waals surface area contributed by atoms with Gasteiger partial charge in [0.2, 0.25) is 0 Å². The third-order valence-electron chi connectivity index (χ3n) is 5.95. The Kier molecular flexibility index (Phi) is 6.69. The van der Waals surface area contributed by atoms with Gasteiger partial charge >= 0.3 is 0 Å². The summed E-state index contributed by atoms with van der Waals surface area (Å²) in [7, 11) is 2.06. The van der Waals surface area contributed by atoms with E-state index in [0.717, 1.165) is 43.1 Å². The molecular weight excluding hydrogens is 409 g/mol. The zero-order valence-corrected chi connectivity index (χ0v) is 18.1. The van der Waals surface area contributed by atoms with E-state index in [1.165, 1.54) is 12.1 Å². The van der Waals surface area contributed by atoms with Crippen molar-refractivity contribution in [1.29, 1.82) is 0 Å². The molecule has 8 heteroatoms. The summed E-state index contributed by atoms with van der Waals surface area (Å²) in [5, 5.41) is 3.50. The molecule has 0 aromatic carbocycles. The van der Waals surface area contributed by atoms with Crippen LogP contribution >= 0.6 is 24.8 Å². The number of rotatable bonds is 4. The van der Waals surface area contributed by atoms with Gasteiger partial charge in [0.05, 0.1) is 11.9 Å². The fourth-order valence-corrected chi connectivity index (χ4v) is 4.68. The maximum Gasteiger partial charge on any atom is 0.255 e. The lowest BCUT2D eigenvalue weighted by Gasteiger charge is -2.37. The van der Waals surface area contributed by atoms with Gasteiger partial charge in [-0.25, -0.2) is 4.98 Å². The van der Waals surface area contributed by atoms with E-state index in [1.807, 2.05) is 41.2 Å². The maximum atomic E-state index is 13.1. The first-order valence-corrected chi connectivity index (χ1v) is 9.72. The molecule has 2 bridgehead atoms. The fraction of sp³-hybridized carbons (Fsp3) is 0.429. The highest BCUT2D eigenvalue weighted by Crippen LogP contribution is 2.31. The number of hydrogen-bond acceptors (Lipinski definition) is 4. The van der Waals surface area contributed by atoms with Crippen LogP contribution in [0, 0.1) is 5.92 Å². The van der Waals surface area contributed by atoms with Crippen LogP contribution in [0.1, 0.15) is 29.3 Å². The molecule has 3 aromatic rings. The van der Waals surface area contributed by atoms with Crippen LogP contribution in [0.5, 0.6) is 0 Å². The van der Waals surface area contributed by atoms with Gasteiger partial charge < -0.3 is 14.3 Å². The van der Waals surface area contributed by atoms with Gasteiger partial charge in [-0.2, -0.15) is 0 Å². The molecule has 5 heterocycles. The van der Waals surface area contributed by atoms with Gasteiger partial charge in [-0.05, 0) is 44.1 Å². The number of aromatic nitrogens is 3. The van der Waals surface area contributed by atoms with E-state index in [9.17, 15) is 4.79 Å². The van der Waals surface area contributed by atoms with E-state index < -0.39 is 0 Å². The van der Waals surface area contributed by atoms with E-state index in [0.29, 0.717) is 18.4 Å². The van der Waals surface area contributed by atoms with Gasteiger partial charge in [0, 0.05) is 49.6 Å². The van der Waals surface area contributed by atoms with Crippen molar-refractivity contribution in [2.24, 2.45) is 5.92 Å². The number of nitrogens with zero attached hydrogens (tertiary/aromatic N) is 4. The van der Waals surface area contributed by atoms with Crippen LogP contribution < -0.4 is 10.9 Å². The second kappa shape index (κ2) is 8.88. The lowest BCUT2D eigenvalue weighted by atomic mass is 9.84. The Morgan fingerprint density at radius 2 is 2.03 bits per heavy atom. The Labute approximate surface area is 182 Å². The van der Waals surface area contributed by atoms with Crippen LogP contribution in [0.4, 0.5) is 0 Å². The van der Waals surface area contributed by atoms with Crippen LogP contribution in [0.15, 0.2) is 47.5 Å². The van der Waals surface area contributed by atoms with Crippen molar-refractivity contribution in [2.45, 2.75) is 32.0 Å². The monoisotopic (exact) mass is 435 g/mol. The van der Waals surface area contributed by atoms with Crippen molar-refractivity contribution >= 4 is 30.5 Å². The van der Waals surface area contributed by atoms with E-state index in [1.54, 1.807) is 0 Å². The van der Waals surface area contributed by atoms with Gasteiger partial charge in [-0.3, -0.25) is 9.69 Å². The molecule has 0 radical (unpaired) electrons. The summed E-state index contributed by atoms with van der Waals surface area (Å²) in [5.41, 5.74) is 4.36. The number of hydrogen-bond donors (Lipinski definition) is 1. The molecule has 2 aliphatic heterocycles. The molecule has 5 rings (SSSR count). The Morgan fingerprint density at radius 1 is 1.17 bits per heavy atom. The quantitative estimate of drug-likeness (QED) is 0.684. The van der Waals surface area contributed by atoms with Gasteiger partial charge in [0.1, 0.15) is 5.65 Å². The molecule has 29 heavy (non-hydrogen) atoms. The third kappa shape index (κ3) is 4.08. The molecule has 1 N–H and O–H groups in total. The summed E-state index contributed by atoms with van der Waals surface area (Å²) in [6.45, 7) is 4.26. The number of pyridine rings is 2. The average Bonchev–Trinajstić information content (AvgIpc) is 3.08. The normalized spacial score (nSPS) is 20.1. The molecule has 6 nitrogen and oxygen atoms in total. The van der Waals surface area contributed by atoms with E-state index in [4.69, 9.17) is 0 Å². The van der Waals surface area contributed by atoms with Gasteiger partial charge in [0.15, 0.2) is 0 Å². The molecule has 1 saturated heterocycles. The van der Waals surface area contributed by atoms with Gasteiger partial charge in [0.25, 0.3) is 5.56 Å². The summed E-state index contributed by atoms with van der Waals surface area (Å²) in [6, 6.07) is 10.2. The van der Waals surface area contributed by atoms with E-state index in [2.05, 4.69) is 32.7 Å². The molecular formula is C21H27Cl2N5O. The molecule has 0 unspecified atom stereocenters. The predicted octanol–water partition coefficient (Wildman–Crippen LogP) is 2.68. The molecule has 0 amide bonds. The Morgan fingerprint density at radius 3 is 2.90 bits per heavy atom. The topological polar surface area (TPSA) is 54.6 Å². The summed E-state index contributed by atoms with van der Waals surface area (Å²) in [5.74, 6) is 1.07. The van der Waals surface area contributed by atoms with E-state index in [-0.39, 0.29) is 30.4 Å². The molecule has 0 aliphatic carbocycles. The summed E-state index contributed by atoms with van der Waals surface area (Å²) < 4.78 is 4.14. The van der Waals surface area contributed by atoms with Crippen LogP contribution in [-0.4, -0.2) is 39.0 Å². The third-order valence-corrected chi connectivity index (χ3v) is 5.95. The number of imidazole rings is 1. The zero-order valence-electron chi connectivity index (χ0n) is 16.5. The lowest BCUT2D eigenvalue weighted by molar-refractivity contribution is 0.254. The lowest BCUT2D eigenvalue weighted by Crippen LogP contribution is -2.45. The summed E-state index contributed by atoms with van der Waals surface area (Å²) in [4.78, 5) is 19.7. The van der Waals surface area contributed by atoms with Gasteiger partial charge in [-0.1, -0.05) is 12.1 Å². The highest BCUT2D eigenvalue weighted by Gasteiger charge is 2.31. The van der Waals surface area contributed by atoms with Crippen LogP contribution in [0.25, 0.3) is 5.65 Å². The molecule has 0 saturated carbocycles. The first kappa shape index (κ1) is 21.8. The predicted molar refractivity (Wildman–Crippen MR) is 119 cm³/mol. The minimum Gasteiger partial charge on any atom is -0.316 e. The largest absolute Gasteiger partial charge is 0.316 e. The fourth-order valence-electron chi connectivity index (χ4n) is 4.68. The van der Waals surface area contributed by atoms with Crippen molar-refractivity contribution in [3.8, 4) is 0 Å². The highest BCUT2D eigenvalue weighted by molar-refractivity contribution is 5.85. The molecule has 1 fully saturated rings. The van der Waals surface area contributed by atoms with Crippen molar-refractivity contribution in [3.63, 3.8) is 0 Å². The number of halogens is 2. The summed E-state index contributed by atoms with van der Waals surface area (Å²) >= 11 is 0. The Hall–Kier alpha value is -1.86. The van der Waals surface area contributed by atoms with Crippen molar-refractivity contribution < 1.29 is 0 Å². The van der Waals surface area contributed by atoms with Crippen LogP contribution in [-0.2, 0) is 19.6 Å². The first-order chi connectivity index (χ1) is 13.2. The highest BCUT2D eigenvalue weighted by atomic mass is 35.5. The smallest absolute Gasteiger partial charge is 0.255 e. The Bertz CT molecular complexity index is 1050. The zero-order chi connectivity index (χ0) is 18.4. The SMILES string of the molecule is CN(Cc1ccc2n(c1=O)C[C@@H]1CNC[C@H]2C1)Cc1cnc2ccccn12.Cl.Cl. The number of fused-ring (bicyclic) bond motifs is 5. The van der Waals surface area contributed by atoms with Crippen LogP contribution in [0.2, 0.25) is 0 Å².